The fourth-order valence-corrected chi connectivity index (χ4v) is 1.56. The summed E-state index contributed by atoms with van der Waals surface area (Å²) in [6, 6.07) is 10.0. The third kappa shape index (κ3) is 2.20. The molecule has 0 saturated heterocycles. The molecule has 1 aromatic rings. The number of nitrogens with one attached hydrogen (secondary N) is 1. The second-order valence-electron chi connectivity index (χ2n) is 3.99. The van der Waals surface area contributed by atoms with Crippen LogP contribution in [0, 0.1) is 5.92 Å². The minimum absolute atomic E-state index is 0.185. The van der Waals surface area contributed by atoms with Crippen LogP contribution in [0.1, 0.15) is 23.7 Å². The van der Waals surface area contributed by atoms with Crippen molar-refractivity contribution in [2.24, 2.45) is 5.92 Å². The van der Waals surface area contributed by atoms with Gasteiger partial charge in [0.25, 0.3) is 0 Å². The van der Waals surface area contributed by atoms with Gasteiger partial charge < -0.3 is 5.32 Å². The molecule has 0 aromatic heterocycles. The van der Waals surface area contributed by atoms with E-state index in [9.17, 15) is 4.79 Å². The summed E-state index contributed by atoms with van der Waals surface area (Å²) in [7, 11) is 0. The Morgan fingerprint density at radius 2 is 2.07 bits per heavy atom. The maximum atomic E-state index is 11.6. The molecule has 0 heterocycles. The summed E-state index contributed by atoms with van der Waals surface area (Å²) in [5.41, 5.74) is 0.799. The summed E-state index contributed by atoms with van der Waals surface area (Å²) < 4.78 is 0. The highest BCUT2D eigenvalue weighted by Gasteiger charge is 2.32. The Morgan fingerprint density at radius 3 is 2.64 bits per heavy atom. The van der Waals surface area contributed by atoms with Gasteiger partial charge in [0.15, 0.2) is 5.78 Å². The summed E-state index contributed by atoms with van der Waals surface area (Å²) in [6.07, 6.45) is 1.21. The molecule has 1 fully saturated rings. The lowest BCUT2D eigenvalue weighted by Crippen LogP contribution is -2.25. The molecule has 74 valence electrons. The molecule has 1 aromatic carbocycles. The Bertz CT molecular complexity index is 320. The first-order chi connectivity index (χ1) is 6.77. The van der Waals surface area contributed by atoms with Crippen molar-refractivity contribution < 1.29 is 4.79 Å². The quantitative estimate of drug-likeness (QED) is 0.732. The van der Waals surface area contributed by atoms with Gasteiger partial charge in [0.1, 0.15) is 0 Å². The monoisotopic (exact) mass is 189 g/mol. The number of rotatable bonds is 4. The second-order valence-corrected chi connectivity index (χ2v) is 3.99. The summed E-state index contributed by atoms with van der Waals surface area (Å²) in [5.74, 6) is 0.934. The highest BCUT2D eigenvalue weighted by molar-refractivity contribution is 5.97. The molecule has 1 aliphatic rings. The molecule has 1 aliphatic carbocycles. The molecule has 2 heteroatoms. The van der Waals surface area contributed by atoms with E-state index >= 15 is 0 Å². The lowest BCUT2D eigenvalue weighted by Gasteiger charge is -2.02. The van der Waals surface area contributed by atoms with E-state index < -0.39 is 0 Å². The van der Waals surface area contributed by atoms with Crippen LogP contribution < -0.4 is 5.32 Å². The van der Waals surface area contributed by atoms with Crippen molar-refractivity contribution in [1.82, 2.24) is 5.32 Å². The highest BCUT2D eigenvalue weighted by atomic mass is 16.1. The normalized spacial score (nSPS) is 24.6. The van der Waals surface area contributed by atoms with Gasteiger partial charge in [-0.1, -0.05) is 37.3 Å². The molecule has 0 bridgehead atoms. The van der Waals surface area contributed by atoms with Crippen molar-refractivity contribution in [3.63, 3.8) is 0 Å². The maximum absolute atomic E-state index is 11.6. The van der Waals surface area contributed by atoms with Crippen LogP contribution >= 0.6 is 0 Å². The van der Waals surface area contributed by atoms with Crippen molar-refractivity contribution in [1.29, 1.82) is 0 Å². The van der Waals surface area contributed by atoms with Gasteiger partial charge in [-0.2, -0.15) is 0 Å². The minimum Gasteiger partial charge on any atom is -0.307 e. The number of hydrogen-bond acceptors (Lipinski definition) is 2. The Hall–Kier alpha value is -1.15. The van der Waals surface area contributed by atoms with E-state index in [0.717, 1.165) is 11.5 Å². The first-order valence-corrected chi connectivity index (χ1v) is 5.09. The zero-order valence-electron chi connectivity index (χ0n) is 8.36. The predicted molar refractivity (Wildman–Crippen MR) is 56.3 cm³/mol. The molecule has 0 spiro atoms. The molecule has 2 rings (SSSR count). The lowest BCUT2D eigenvalue weighted by atomic mass is 10.1. The molecule has 1 N–H and O–H groups in total. The van der Waals surface area contributed by atoms with Gasteiger partial charge in [-0.05, 0) is 12.3 Å². The molecule has 0 amide bonds. The number of ketones is 1. The van der Waals surface area contributed by atoms with Crippen molar-refractivity contribution >= 4 is 5.78 Å². The topological polar surface area (TPSA) is 29.1 Å². The summed E-state index contributed by atoms with van der Waals surface area (Å²) in [4.78, 5) is 11.6. The van der Waals surface area contributed by atoms with E-state index in [2.05, 4.69) is 12.2 Å². The van der Waals surface area contributed by atoms with E-state index in [1.54, 1.807) is 0 Å². The fourth-order valence-electron chi connectivity index (χ4n) is 1.56. The van der Waals surface area contributed by atoms with Crippen LogP contribution in [0.25, 0.3) is 0 Å². The predicted octanol–water partition coefficient (Wildman–Crippen LogP) is 1.87. The molecular weight excluding hydrogens is 174 g/mol. The highest BCUT2D eigenvalue weighted by Crippen LogP contribution is 2.28. The molecule has 0 radical (unpaired) electrons. The van der Waals surface area contributed by atoms with Gasteiger partial charge in [0.05, 0.1) is 6.54 Å². The largest absolute Gasteiger partial charge is 0.307 e. The Morgan fingerprint density at radius 1 is 1.43 bits per heavy atom. The Balaban J connectivity index is 1.84. The molecule has 1 saturated carbocycles. The summed E-state index contributed by atoms with van der Waals surface area (Å²) in [6.45, 7) is 2.67. The third-order valence-corrected chi connectivity index (χ3v) is 2.73. The van der Waals surface area contributed by atoms with Gasteiger partial charge in [-0.25, -0.2) is 0 Å². The SMILES string of the molecule is C[C@@H]1C[C@H]1NCC(=O)c1ccccc1. The van der Waals surface area contributed by atoms with Crippen LogP contribution in [0.2, 0.25) is 0 Å². The summed E-state index contributed by atoms with van der Waals surface area (Å²) in [5, 5.41) is 3.26. The zero-order valence-corrected chi connectivity index (χ0v) is 8.36. The van der Waals surface area contributed by atoms with Crippen LogP contribution in [-0.4, -0.2) is 18.4 Å². The Kier molecular flexibility index (Phi) is 2.64. The van der Waals surface area contributed by atoms with Crippen LogP contribution in [0.15, 0.2) is 30.3 Å². The van der Waals surface area contributed by atoms with E-state index in [0.29, 0.717) is 12.6 Å². The van der Waals surface area contributed by atoms with E-state index in [1.165, 1.54) is 6.42 Å². The maximum Gasteiger partial charge on any atom is 0.176 e. The van der Waals surface area contributed by atoms with Crippen molar-refractivity contribution in [2.45, 2.75) is 19.4 Å². The minimum atomic E-state index is 0.185. The molecule has 2 nitrogen and oxygen atoms in total. The number of hydrogen-bond donors (Lipinski definition) is 1. The number of carbonyl (C=O) groups excluding carboxylic acids is 1. The molecule has 0 unspecified atom stereocenters. The van der Waals surface area contributed by atoms with Crippen molar-refractivity contribution in [2.75, 3.05) is 6.54 Å². The van der Waals surface area contributed by atoms with Crippen molar-refractivity contribution in [3.05, 3.63) is 35.9 Å². The third-order valence-electron chi connectivity index (χ3n) is 2.73. The lowest BCUT2D eigenvalue weighted by molar-refractivity contribution is 0.0990. The summed E-state index contributed by atoms with van der Waals surface area (Å²) >= 11 is 0. The van der Waals surface area contributed by atoms with Gasteiger partial charge in [-0.3, -0.25) is 4.79 Å². The second kappa shape index (κ2) is 3.93. The molecular formula is C12H15NO. The average molecular weight is 189 g/mol. The standard InChI is InChI=1S/C12H15NO/c1-9-7-11(9)13-8-12(14)10-5-3-2-4-6-10/h2-6,9,11,13H,7-8H2,1H3/t9-,11-/m1/s1. The van der Waals surface area contributed by atoms with E-state index in [4.69, 9.17) is 0 Å². The fraction of sp³-hybridized carbons (Fsp3) is 0.417. The number of Topliss-reactive ketones (excluding diaryl/α,β-unsaturated/α-hetero) is 1. The Labute approximate surface area is 84.3 Å². The van der Waals surface area contributed by atoms with Gasteiger partial charge in [-0.15, -0.1) is 0 Å². The van der Waals surface area contributed by atoms with Crippen LogP contribution in [0.3, 0.4) is 0 Å². The molecule has 14 heavy (non-hydrogen) atoms. The number of carbonyl (C=O) groups is 1. The van der Waals surface area contributed by atoms with E-state index in [1.807, 2.05) is 30.3 Å². The smallest absolute Gasteiger partial charge is 0.176 e. The van der Waals surface area contributed by atoms with Crippen LogP contribution in [-0.2, 0) is 0 Å². The molecule has 2 atom stereocenters. The van der Waals surface area contributed by atoms with Crippen LogP contribution in [0.4, 0.5) is 0 Å². The van der Waals surface area contributed by atoms with Gasteiger partial charge in [0, 0.05) is 11.6 Å². The number of benzene rings is 1. The molecule has 0 aliphatic heterocycles. The first-order valence-electron chi connectivity index (χ1n) is 5.09. The zero-order chi connectivity index (χ0) is 9.97. The van der Waals surface area contributed by atoms with Crippen LogP contribution in [0.5, 0.6) is 0 Å². The van der Waals surface area contributed by atoms with E-state index in [-0.39, 0.29) is 5.78 Å². The van der Waals surface area contributed by atoms with Gasteiger partial charge >= 0.3 is 0 Å². The van der Waals surface area contributed by atoms with Crippen molar-refractivity contribution in [3.8, 4) is 0 Å². The average Bonchev–Trinajstić information content (AvgIpc) is 2.92. The van der Waals surface area contributed by atoms with Gasteiger partial charge in [0.2, 0.25) is 0 Å². The first kappa shape index (κ1) is 9.41.